The van der Waals surface area contributed by atoms with E-state index >= 15 is 0 Å². The summed E-state index contributed by atoms with van der Waals surface area (Å²) in [7, 11) is 5.45. The quantitative estimate of drug-likeness (QED) is 0.102. The van der Waals surface area contributed by atoms with Crippen LogP contribution in [0.1, 0.15) is 106 Å². The molecule has 15 atom stereocenters. The molecule has 3 N–H and O–H groups in total. The number of fused-ring (bicyclic) bond motifs is 1. The molecule has 4 saturated heterocycles. The number of aliphatic hydroxyl groups excluding tert-OH is 1. The highest BCUT2D eigenvalue weighted by Crippen LogP contribution is 2.45. The third kappa shape index (κ3) is 10.5. The Bertz CT molecular complexity index is 1610. The number of hydrogen-bond donors (Lipinski definition) is 3. The minimum absolute atomic E-state index is 0.159. The first kappa shape index (κ1) is 47.9. The van der Waals surface area contributed by atoms with Gasteiger partial charge in [-0.2, -0.15) is 0 Å². The molecule has 0 aromatic heterocycles. The maximum atomic E-state index is 14.8. The molecule has 0 saturated carbocycles. The minimum atomic E-state index is -1.30. The second-order valence-electron chi connectivity index (χ2n) is 18.5. The Morgan fingerprint density at radius 1 is 1.00 bits per heavy atom. The van der Waals surface area contributed by atoms with Crippen LogP contribution in [0.15, 0.2) is 35.5 Å². The molecule has 2 unspecified atom stereocenters. The van der Waals surface area contributed by atoms with Gasteiger partial charge in [-0.1, -0.05) is 69.6 Å². The van der Waals surface area contributed by atoms with E-state index in [0.29, 0.717) is 31.5 Å². The summed E-state index contributed by atoms with van der Waals surface area (Å²) in [4.78, 5) is 50.5. The van der Waals surface area contributed by atoms with Gasteiger partial charge >= 0.3 is 12.1 Å². The van der Waals surface area contributed by atoms with E-state index < -0.39 is 77.4 Å². The number of carbonyl (C=O) groups excluding carboxylic acids is 3. The number of oxime groups is 1. The number of likely N-dealkylation sites (N-methyl/N-ethyl adjacent to an activating group) is 1. The number of alkyl carbamates (subject to hydrolysis) is 1. The molecule has 0 radical (unpaired) electrons. The predicted molar refractivity (Wildman–Crippen MR) is 228 cm³/mol. The highest BCUT2D eigenvalue weighted by Gasteiger charge is 2.58. The first-order chi connectivity index (χ1) is 28.5. The van der Waals surface area contributed by atoms with E-state index in [1.54, 1.807) is 27.9 Å². The Morgan fingerprint density at radius 3 is 2.35 bits per heavy atom. The van der Waals surface area contributed by atoms with E-state index in [4.69, 9.17) is 33.7 Å². The number of rotatable bonds is 12. The smallest absolute Gasteiger partial charge is 0.408 e. The van der Waals surface area contributed by atoms with Crippen molar-refractivity contribution in [3.63, 3.8) is 0 Å². The van der Waals surface area contributed by atoms with Crippen molar-refractivity contribution in [3.8, 4) is 0 Å². The van der Waals surface area contributed by atoms with Crippen molar-refractivity contribution >= 4 is 23.6 Å². The lowest BCUT2D eigenvalue weighted by atomic mass is 9.66. The van der Waals surface area contributed by atoms with Gasteiger partial charge in [0.1, 0.15) is 24.2 Å². The summed E-state index contributed by atoms with van der Waals surface area (Å²) in [5.41, 5.74) is -0.614. The molecule has 1 aromatic carbocycles. The van der Waals surface area contributed by atoms with Crippen molar-refractivity contribution in [1.29, 1.82) is 0 Å². The largest absolute Gasteiger partial charge is 0.458 e. The van der Waals surface area contributed by atoms with Crippen LogP contribution in [-0.2, 0) is 44.5 Å². The Balaban J connectivity index is 1.68. The minimum Gasteiger partial charge on any atom is -0.458 e. The second kappa shape index (κ2) is 20.8. The number of carbonyl (C=O) groups is 3. The van der Waals surface area contributed by atoms with Crippen molar-refractivity contribution in [1.82, 2.24) is 15.5 Å². The maximum Gasteiger partial charge on any atom is 0.408 e. The van der Waals surface area contributed by atoms with Crippen LogP contribution in [0.5, 0.6) is 0 Å². The summed E-state index contributed by atoms with van der Waals surface area (Å²) < 4.78 is 32.3. The average Bonchev–Trinajstić information content (AvgIpc) is 3.55. The number of benzene rings is 1. The number of amides is 1. The number of unbranched alkanes of at least 4 members (excludes halogenated alkanes) is 1. The van der Waals surface area contributed by atoms with Crippen LogP contribution in [0, 0.1) is 29.6 Å². The van der Waals surface area contributed by atoms with Crippen molar-refractivity contribution in [2.24, 2.45) is 34.7 Å². The molecule has 4 fully saturated rings. The molecular weight excluding hydrogens is 769 g/mol. The zero-order valence-electron chi connectivity index (χ0n) is 38.0. The van der Waals surface area contributed by atoms with Crippen LogP contribution in [0.3, 0.4) is 0 Å². The Hall–Kier alpha value is -3.14. The zero-order chi connectivity index (χ0) is 43.9. The number of hydrogen-bond acceptors (Lipinski definition) is 13. The number of nitrogens with zero attached hydrogens (tertiary/aromatic N) is 2. The van der Waals surface area contributed by atoms with Gasteiger partial charge in [0.05, 0.1) is 29.6 Å². The van der Waals surface area contributed by atoms with Gasteiger partial charge in [0.2, 0.25) is 0 Å². The number of aliphatic hydroxyl groups is 1. The summed E-state index contributed by atoms with van der Waals surface area (Å²) in [6, 6.07) is 9.42. The van der Waals surface area contributed by atoms with E-state index in [-0.39, 0.29) is 30.1 Å². The monoisotopic (exact) mass is 843 g/mol. The number of nitrogens with one attached hydrogen (secondary N) is 2. The van der Waals surface area contributed by atoms with Crippen molar-refractivity contribution in [2.45, 2.75) is 167 Å². The normalized spacial score (nSPS) is 40.3. The molecular formula is C46H74N4O10. The summed E-state index contributed by atoms with van der Waals surface area (Å²) in [6.45, 7) is 16.5. The van der Waals surface area contributed by atoms with E-state index in [1.165, 1.54) is 5.56 Å². The first-order valence-electron chi connectivity index (χ1n) is 22.4. The number of piperidine rings is 1. The second-order valence-corrected chi connectivity index (χ2v) is 18.5. The molecule has 0 bridgehead atoms. The molecule has 5 rings (SSSR count). The van der Waals surface area contributed by atoms with Crippen molar-refractivity contribution in [3.05, 3.63) is 35.9 Å². The Labute approximate surface area is 358 Å². The van der Waals surface area contributed by atoms with E-state index in [9.17, 15) is 19.5 Å². The Kier molecular flexibility index (Phi) is 16.6. The highest BCUT2D eigenvalue weighted by atomic mass is 16.7. The van der Waals surface area contributed by atoms with Gasteiger partial charge in [0, 0.05) is 37.5 Å². The predicted octanol–water partition coefficient (Wildman–Crippen LogP) is 5.67. The fourth-order valence-corrected chi connectivity index (χ4v) is 10.4. The molecule has 4 aliphatic heterocycles. The van der Waals surface area contributed by atoms with E-state index in [1.807, 2.05) is 64.9 Å². The summed E-state index contributed by atoms with van der Waals surface area (Å²) in [5.74, 6) is -4.48. The molecule has 1 aromatic rings. The van der Waals surface area contributed by atoms with Crippen molar-refractivity contribution < 1.29 is 48.0 Å². The number of Topliss-reactive ketones (excluding diaryl/α,β-unsaturated/α-hetero) is 1. The zero-order valence-corrected chi connectivity index (χ0v) is 38.0. The number of aryl methyl sites for hydroxylation is 1. The van der Waals surface area contributed by atoms with Crippen LogP contribution in [0.4, 0.5) is 4.79 Å². The number of ether oxygens (including phenoxy) is 5. The molecule has 60 heavy (non-hydrogen) atoms. The summed E-state index contributed by atoms with van der Waals surface area (Å²) in [5, 5.41) is 23.3. The highest BCUT2D eigenvalue weighted by molar-refractivity contribution is 6.00. The standard InChI is InChI=1S/C46H74N4O10/c1-12-36-46(8)40(48-44(54)59-46)29(4)37(49-60-33-22-18-24-47-26-33)28(3)34(23-17-16-21-32-19-14-13-15-20-32)45(7,55-11)41(30(5)38(51)31(6)42(53)57-36)58-43-39(52)35(50(9)10)25-27(2)56-43/h13-15,19-20,27-31,33-36,39-41,43,47,52H,12,16-18,21-26H2,1-11H3,(H,48,54)/b49-37+/t27-,28-,29+,30+,31-,33-,34?,35+,36-,39-,40?,41-,43+,45-,46-/m1/s1. The van der Waals surface area contributed by atoms with Gasteiger partial charge in [-0.3, -0.25) is 9.59 Å². The summed E-state index contributed by atoms with van der Waals surface area (Å²) >= 11 is 0. The molecule has 0 aliphatic carbocycles. The molecule has 14 nitrogen and oxygen atoms in total. The van der Waals surface area contributed by atoms with Gasteiger partial charge in [-0.15, -0.1) is 0 Å². The third-order valence-electron chi connectivity index (χ3n) is 14.1. The van der Waals surface area contributed by atoms with Gasteiger partial charge in [0.15, 0.2) is 17.7 Å². The SMILES string of the molecule is CC[C@H]1OC(=O)[C@H](C)C(=O)[C@H](C)[C@@H](O[C@@H]2O[C@H](C)C[C@H](N(C)C)[C@H]2O)[C@](C)(OC)C(CCCCc2ccccc2)[C@@H](C)/C(=N\O[C@@H]2CCCNC2)[C@H](C)C2NC(=O)O[C@@]21C. The number of methoxy groups -OCH3 is 1. The molecule has 4 aliphatic rings. The van der Waals surface area contributed by atoms with Crippen LogP contribution in [0.25, 0.3) is 0 Å². The number of esters is 1. The van der Waals surface area contributed by atoms with Crippen LogP contribution >= 0.6 is 0 Å². The maximum absolute atomic E-state index is 14.8. The lowest BCUT2D eigenvalue weighted by Crippen LogP contribution is -2.62. The lowest BCUT2D eigenvalue weighted by molar-refractivity contribution is -0.300. The van der Waals surface area contributed by atoms with E-state index in [0.717, 1.165) is 38.6 Å². The van der Waals surface area contributed by atoms with Crippen LogP contribution < -0.4 is 10.6 Å². The molecule has 1 amide bonds. The van der Waals surface area contributed by atoms with Gasteiger partial charge in [-0.25, -0.2) is 4.79 Å². The van der Waals surface area contributed by atoms with Crippen LogP contribution in [0.2, 0.25) is 0 Å². The van der Waals surface area contributed by atoms with Crippen LogP contribution in [-0.4, -0.2) is 128 Å². The molecule has 0 spiro atoms. The van der Waals surface area contributed by atoms with Gasteiger partial charge < -0.3 is 49.2 Å². The topological polar surface area (TPSA) is 166 Å². The fraction of sp³-hybridized carbons (Fsp3) is 0.783. The average molecular weight is 843 g/mol. The van der Waals surface area contributed by atoms with E-state index in [2.05, 4.69) is 29.7 Å². The van der Waals surface area contributed by atoms with Gasteiger partial charge in [-0.05, 0) is 105 Å². The lowest BCUT2D eigenvalue weighted by Gasteiger charge is -2.50. The van der Waals surface area contributed by atoms with Crippen molar-refractivity contribution in [2.75, 3.05) is 34.3 Å². The molecule has 14 heteroatoms. The fourth-order valence-electron chi connectivity index (χ4n) is 10.4. The number of ketones is 1. The Morgan fingerprint density at radius 2 is 1.72 bits per heavy atom. The number of cyclic esters (lactones) is 1. The first-order valence-corrected chi connectivity index (χ1v) is 22.4. The molecule has 338 valence electrons. The third-order valence-corrected chi connectivity index (χ3v) is 14.1. The molecule has 4 heterocycles. The van der Waals surface area contributed by atoms with Gasteiger partial charge in [0.25, 0.3) is 0 Å². The summed E-state index contributed by atoms with van der Waals surface area (Å²) in [6.07, 6.45) is 0.837.